The highest BCUT2D eigenvalue weighted by molar-refractivity contribution is 7.89. The number of hydrogen-bond donors (Lipinski definition) is 0. The van der Waals surface area contributed by atoms with Crippen LogP contribution in [0.5, 0.6) is 0 Å². The zero-order chi connectivity index (χ0) is 22.2. The van der Waals surface area contributed by atoms with Crippen molar-refractivity contribution >= 4 is 33.2 Å². The fourth-order valence-corrected chi connectivity index (χ4v) is 6.58. The molecule has 30 heavy (non-hydrogen) atoms. The Labute approximate surface area is 180 Å². The highest BCUT2D eigenvalue weighted by Crippen LogP contribution is 2.31. The SMILES string of the molecule is CCc1cc(C(=O)N2CCN(S(=O)(=O)c3c(C)oc(C)c3C(=O)OC)CC2)sc1C. The molecule has 3 heterocycles. The third-order valence-electron chi connectivity index (χ3n) is 5.33. The fraction of sp³-hybridized carbons (Fsp3) is 0.500. The molecule has 0 bridgehead atoms. The lowest BCUT2D eigenvalue weighted by molar-refractivity contribution is 0.0594. The van der Waals surface area contributed by atoms with E-state index in [0.29, 0.717) is 4.88 Å². The number of hydrogen-bond acceptors (Lipinski definition) is 7. The van der Waals surface area contributed by atoms with E-state index in [4.69, 9.17) is 9.15 Å². The molecule has 2 aromatic heterocycles. The average molecular weight is 455 g/mol. The second-order valence-corrected chi connectivity index (χ2v) is 10.3. The molecule has 1 aliphatic rings. The summed E-state index contributed by atoms with van der Waals surface area (Å²) < 4.78 is 38.0. The van der Waals surface area contributed by atoms with Gasteiger partial charge in [0.15, 0.2) is 0 Å². The molecular formula is C20H26N2O6S2. The molecule has 8 nitrogen and oxygen atoms in total. The number of methoxy groups -OCH3 is 1. The zero-order valence-electron chi connectivity index (χ0n) is 17.8. The van der Waals surface area contributed by atoms with E-state index in [0.717, 1.165) is 16.9 Å². The van der Waals surface area contributed by atoms with E-state index in [2.05, 4.69) is 6.92 Å². The first-order valence-electron chi connectivity index (χ1n) is 9.68. The summed E-state index contributed by atoms with van der Waals surface area (Å²) in [5.41, 5.74) is 1.08. The minimum Gasteiger partial charge on any atom is -0.465 e. The van der Waals surface area contributed by atoms with Crippen molar-refractivity contribution in [2.75, 3.05) is 33.3 Å². The van der Waals surface area contributed by atoms with Crippen LogP contribution in [0.3, 0.4) is 0 Å². The van der Waals surface area contributed by atoms with Crippen LogP contribution in [-0.4, -0.2) is 62.8 Å². The topological polar surface area (TPSA) is 97.1 Å². The third kappa shape index (κ3) is 3.91. The van der Waals surface area contributed by atoms with Gasteiger partial charge in [-0.25, -0.2) is 13.2 Å². The molecule has 0 unspecified atom stereocenters. The van der Waals surface area contributed by atoms with Gasteiger partial charge in [-0.1, -0.05) is 6.92 Å². The normalized spacial score (nSPS) is 15.4. The van der Waals surface area contributed by atoms with Crippen LogP contribution in [0.4, 0.5) is 0 Å². The summed E-state index contributed by atoms with van der Waals surface area (Å²) in [6.07, 6.45) is 0.869. The van der Waals surface area contributed by atoms with Crippen LogP contribution in [0.25, 0.3) is 0 Å². The Morgan fingerprint density at radius 2 is 1.77 bits per heavy atom. The molecule has 0 radical (unpaired) electrons. The minimum absolute atomic E-state index is 0.0744. The number of amides is 1. The monoisotopic (exact) mass is 454 g/mol. The molecule has 1 fully saturated rings. The van der Waals surface area contributed by atoms with Crippen LogP contribution in [0.2, 0.25) is 0 Å². The maximum Gasteiger partial charge on any atom is 0.342 e. The standard InChI is InChI=1S/C20H26N2O6S2/c1-6-15-11-16(29-14(15)4)19(23)21-7-9-22(10-8-21)30(25,26)18-13(3)28-12(2)17(18)20(24)27-5/h11H,6-10H2,1-5H3. The molecule has 3 rings (SSSR count). The van der Waals surface area contributed by atoms with Crippen molar-refractivity contribution in [2.24, 2.45) is 0 Å². The zero-order valence-corrected chi connectivity index (χ0v) is 19.4. The Morgan fingerprint density at radius 1 is 1.13 bits per heavy atom. The number of sulfonamides is 1. The van der Waals surface area contributed by atoms with Gasteiger partial charge in [-0.15, -0.1) is 11.3 Å². The molecule has 10 heteroatoms. The summed E-state index contributed by atoms with van der Waals surface area (Å²) in [5, 5.41) is 0. The van der Waals surface area contributed by atoms with E-state index in [1.54, 1.807) is 4.90 Å². The maximum absolute atomic E-state index is 13.3. The third-order valence-corrected chi connectivity index (χ3v) is 8.46. The Hall–Kier alpha value is -2.17. The highest BCUT2D eigenvalue weighted by atomic mass is 32.2. The smallest absolute Gasteiger partial charge is 0.342 e. The molecule has 164 valence electrons. The Morgan fingerprint density at radius 3 is 2.30 bits per heavy atom. The molecule has 0 aliphatic carbocycles. The average Bonchev–Trinajstić information content (AvgIpc) is 3.25. The molecule has 1 amide bonds. The van der Waals surface area contributed by atoms with Crippen molar-refractivity contribution in [1.82, 2.24) is 9.21 Å². The lowest BCUT2D eigenvalue weighted by atomic mass is 10.2. The van der Waals surface area contributed by atoms with Gasteiger partial charge in [-0.2, -0.15) is 4.31 Å². The van der Waals surface area contributed by atoms with Gasteiger partial charge in [-0.3, -0.25) is 4.79 Å². The minimum atomic E-state index is -3.97. The number of ether oxygens (including phenoxy) is 1. The van der Waals surface area contributed by atoms with Gasteiger partial charge in [0.05, 0.1) is 12.0 Å². The molecule has 1 aliphatic heterocycles. The summed E-state index contributed by atoms with van der Waals surface area (Å²) in [5.74, 6) is -0.485. The lowest BCUT2D eigenvalue weighted by Gasteiger charge is -2.33. The largest absolute Gasteiger partial charge is 0.465 e. The van der Waals surface area contributed by atoms with Crippen molar-refractivity contribution in [3.05, 3.63) is 38.5 Å². The van der Waals surface area contributed by atoms with E-state index in [1.165, 1.54) is 36.6 Å². The van der Waals surface area contributed by atoms with Crippen molar-refractivity contribution in [2.45, 2.75) is 39.0 Å². The molecule has 1 saturated heterocycles. The van der Waals surface area contributed by atoms with E-state index in [-0.39, 0.29) is 54.1 Å². The molecule has 0 spiro atoms. The van der Waals surface area contributed by atoms with Gasteiger partial charge < -0.3 is 14.1 Å². The van der Waals surface area contributed by atoms with Crippen LogP contribution in [0.15, 0.2) is 15.4 Å². The van der Waals surface area contributed by atoms with Crippen LogP contribution in [-0.2, 0) is 21.2 Å². The first-order valence-corrected chi connectivity index (χ1v) is 11.9. The quantitative estimate of drug-likeness (QED) is 0.645. The summed E-state index contributed by atoms with van der Waals surface area (Å²) in [6, 6.07) is 1.92. The Bertz CT molecular complexity index is 1080. The van der Waals surface area contributed by atoms with Gasteiger partial charge in [0.25, 0.3) is 5.91 Å². The number of furan rings is 1. The van der Waals surface area contributed by atoms with Crippen molar-refractivity contribution in [1.29, 1.82) is 0 Å². The predicted molar refractivity (Wildman–Crippen MR) is 113 cm³/mol. The van der Waals surface area contributed by atoms with Crippen LogP contribution in [0.1, 0.15) is 48.9 Å². The molecule has 0 saturated carbocycles. The van der Waals surface area contributed by atoms with Gasteiger partial charge in [-0.05, 0) is 38.8 Å². The van der Waals surface area contributed by atoms with Crippen LogP contribution >= 0.6 is 11.3 Å². The van der Waals surface area contributed by atoms with Gasteiger partial charge in [0.1, 0.15) is 22.0 Å². The summed E-state index contributed by atoms with van der Waals surface area (Å²) >= 11 is 1.47. The number of nitrogens with zero attached hydrogens (tertiary/aromatic N) is 2. The number of aryl methyl sites for hydroxylation is 4. The summed E-state index contributed by atoms with van der Waals surface area (Å²) in [7, 11) is -2.78. The van der Waals surface area contributed by atoms with E-state index in [9.17, 15) is 18.0 Å². The van der Waals surface area contributed by atoms with E-state index in [1.807, 2.05) is 13.0 Å². The number of esters is 1. The van der Waals surface area contributed by atoms with Gasteiger partial charge in [0.2, 0.25) is 10.0 Å². The Balaban J connectivity index is 1.79. The maximum atomic E-state index is 13.3. The van der Waals surface area contributed by atoms with E-state index < -0.39 is 16.0 Å². The second-order valence-electron chi connectivity index (χ2n) is 7.15. The first-order chi connectivity index (χ1) is 14.1. The highest BCUT2D eigenvalue weighted by Gasteiger charge is 2.37. The van der Waals surface area contributed by atoms with Crippen molar-refractivity contribution in [3.8, 4) is 0 Å². The lowest BCUT2D eigenvalue weighted by Crippen LogP contribution is -2.50. The summed E-state index contributed by atoms with van der Waals surface area (Å²) in [4.78, 5) is 28.3. The number of carbonyl (C=O) groups is 2. The van der Waals surface area contributed by atoms with Crippen LogP contribution < -0.4 is 0 Å². The van der Waals surface area contributed by atoms with Crippen molar-refractivity contribution in [3.63, 3.8) is 0 Å². The molecule has 0 atom stereocenters. The summed E-state index contributed by atoms with van der Waals surface area (Å²) in [6.45, 7) is 7.93. The van der Waals surface area contributed by atoms with Gasteiger partial charge in [0, 0.05) is 31.1 Å². The molecule has 0 N–H and O–H groups in total. The number of rotatable bonds is 5. The second kappa shape index (κ2) is 8.52. The molecule has 2 aromatic rings. The van der Waals surface area contributed by atoms with Crippen LogP contribution in [0, 0.1) is 20.8 Å². The van der Waals surface area contributed by atoms with E-state index >= 15 is 0 Å². The molecule has 0 aromatic carbocycles. The predicted octanol–water partition coefficient (Wildman–Crippen LogP) is 2.76. The fourth-order valence-electron chi connectivity index (χ4n) is 3.70. The number of thiophene rings is 1. The number of piperazine rings is 1. The van der Waals surface area contributed by atoms with Gasteiger partial charge >= 0.3 is 5.97 Å². The number of carbonyl (C=O) groups excluding carboxylic acids is 2. The Kier molecular flexibility index (Phi) is 6.40. The van der Waals surface area contributed by atoms with Crippen molar-refractivity contribution < 1.29 is 27.2 Å². The first kappa shape index (κ1) is 22.5. The molecular weight excluding hydrogens is 428 g/mol.